The topological polar surface area (TPSA) is 44.8 Å². The van der Waals surface area contributed by atoms with Crippen molar-refractivity contribution in [2.75, 3.05) is 49.6 Å². The van der Waals surface area contributed by atoms with Gasteiger partial charge >= 0.3 is 6.18 Å². The van der Waals surface area contributed by atoms with Crippen molar-refractivity contribution in [1.29, 1.82) is 0 Å². The number of alkyl halides is 3. The lowest BCUT2D eigenvalue weighted by atomic mass is 10.00. The summed E-state index contributed by atoms with van der Waals surface area (Å²) in [6.07, 6.45) is -3.66. The van der Waals surface area contributed by atoms with Gasteiger partial charge in [-0.1, -0.05) is 24.3 Å². The summed E-state index contributed by atoms with van der Waals surface area (Å²) in [5.41, 5.74) is 2.59. The largest absolute Gasteiger partial charge is 0.416 e. The highest BCUT2D eigenvalue weighted by Gasteiger charge is 2.32. The molecule has 0 spiro atoms. The number of morpholine rings is 1. The van der Waals surface area contributed by atoms with Crippen molar-refractivity contribution in [3.05, 3.63) is 59.2 Å². The Hall–Kier alpha value is -2.74. The zero-order chi connectivity index (χ0) is 21.1. The molecule has 0 unspecified atom stereocenters. The molecule has 2 heterocycles. The van der Waals surface area contributed by atoms with Gasteiger partial charge in [0.25, 0.3) is 0 Å². The number of halogens is 3. The molecule has 8 heteroatoms. The number of benzene rings is 2. The van der Waals surface area contributed by atoms with Crippen molar-refractivity contribution in [1.82, 2.24) is 4.90 Å². The molecule has 2 aliphatic rings. The minimum Gasteiger partial charge on any atom is -0.378 e. The summed E-state index contributed by atoms with van der Waals surface area (Å²) < 4.78 is 45.0. The third-order valence-corrected chi connectivity index (χ3v) is 5.59. The van der Waals surface area contributed by atoms with Crippen LogP contribution in [0.5, 0.6) is 0 Å². The Bertz CT molecular complexity index is 911. The third-order valence-electron chi connectivity index (χ3n) is 5.59. The molecule has 0 saturated carbocycles. The Labute approximate surface area is 173 Å². The second-order valence-electron chi connectivity index (χ2n) is 7.52. The first kappa shape index (κ1) is 20.5. The number of nitrogens with zero attached hydrogens (tertiary/aromatic N) is 2. The molecule has 30 heavy (non-hydrogen) atoms. The molecule has 0 atom stereocenters. The van der Waals surface area contributed by atoms with Gasteiger partial charge < -0.3 is 19.9 Å². The van der Waals surface area contributed by atoms with Crippen LogP contribution >= 0.6 is 0 Å². The van der Waals surface area contributed by atoms with E-state index in [9.17, 15) is 18.0 Å². The molecule has 1 fully saturated rings. The fourth-order valence-corrected chi connectivity index (χ4v) is 3.93. The fourth-order valence-electron chi connectivity index (χ4n) is 3.93. The number of amides is 1. The monoisotopic (exact) mass is 419 g/mol. The number of fused-ring (bicyclic) bond motifs is 1. The maximum absolute atomic E-state index is 13.2. The molecule has 1 N–H and O–H groups in total. The van der Waals surface area contributed by atoms with Crippen molar-refractivity contribution < 1.29 is 22.7 Å². The number of anilines is 2. The average Bonchev–Trinajstić information content (AvgIpc) is 2.77. The highest BCUT2D eigenvalue weighted by Crippen LogP contribution is 2.35. The molecule has 2 aromatic carbocycles. The van der Waals surface area contributed by atoms with Crippen LogP contribution in [0.1, 0.15) is 16.7 Å². The van der Waals surface area contributed by atoms with Crippen LogP contribution in [0.25, 0.3) is 0 Å². The number of hydrogen-bond acceptors (Lipinski definition) is 4. The minimum atomic E-state index is -4.44. The zero-order valence-electron chi connectivity index (χ0n) is 16.5. The standard InChI is InChI=1S/C22H24F3N3O2/c23-22(24,25)18-5-6-20(27-9-11-30-12-10-27)19(13-18)26-14-21(29)28-8-7-16-3-1-2-4-17(16)15-28/h1-6,13,26H,7-12,14-15H2. The fraction of sp³-hybridized carbons (Fsp3) is 0.409. The molecule has 0 aromatic heterocycles. The van der Waals surface area contributed by atoms with Crippen LogP contribution in [-0.2, 0) is 28.7 Å². The minimum absolute atomic E-state index is 0.0547. The predicted octanol–water partition coefficient (Wildman–Crippen LogP) is 3.54. The second kappa shape index (κ2) is 8.55. The predicted molar refractivity (Wildman–Crippen MR) is 109 cm³/mol. The van der Waals surface area contributed by atoms with Gasteiger partial charge in [-0.25, -0.2) is 0 Å². The van der Waals surface area contributed by atoms with Gasteiger partial charge in [-0.05, 0) is 35.7 Å². The summed E-state index contributed by atoms with van der Waals surface area (Å²) in [6.45, 7) is 3.31. The zero-order valence-corrected chi connectivity index (χ0v) is 16.5. The lowest BCUT2D eigenvalue weighted by Crippen LogP contribution is -2.40. The van der Waals surface area contributed by atoms with E-state index in [1.54, 1.807) is 4.90 Å². The lowest BCUT2D eigenvalue weighted by molar-refractivity contribution is -0.137. The van der Waals surface area contributed by atoms with Crippen molar-refractivity contribution in [3.63, 3.8) is 0 Å². The molecule has 0 aliphatic carbocycles. The first-order valence-corrected chi connectivity index (χ1v) is 10.0. The molecule has 0 radical (unpaired) electrons. The van der Waals surface area contributed by atoms with E-state index in [0.717, 1.165) is 24.1 Å². The SMILES string of the molecule is O=C(CNc1cc(C(F)(F)F)ccc1N1CCOCC1)N1CCc2ccccc2C1. The first-order valence-electron chi connectivity index (χ1n) is 10.0. The summed E-state index contributed by atoms with van der Waals surface area (Å²) in [5, 5.41) is 2.97. The van der Waals surface area contributed by atoms with Gasteiger partial charge in [0.15, 0.2) is 0 Å². The van der Waals surface area contributed by atoms with Crippen LogP contribution in [0.4, 0.5) is 24.5 Å². The van der Waals surface area contributed by atoms with E-state index in [1.807, 2.05) is 23.1 Å². The molecule has 2 aliphatic heterocycles. The van der Waals surface area contributed by atoms with Crippen LogP contribution in [-0.4, -0.2) is 50.2 Å². The quantitative estimate of drug-likeness (QED) is 0.824. The van der Waals surface area contributed by atoms with Crippen LogP contribution in [0.15, 0.2) is 42.5 Å². The van der Waals surface area contributed by atoms with Crippen molar-refractivity contribution in [2.24, 2.45) is 0 Å². The van der Waals surface area contributed by atoms with E-state index in [2.05, 4.69) is 11.4 Å². The molecule has 4 rings (SSSR count). The van der Waals surface area contributed by atoms with Crippen molar-refractivity contribution in [3.8, 4) is 0 Å². The molecule has 1 amide bonds. The first-order chi connectivity index (χ1) is 14.4. The maximum atomic E-state index is 13.2. The average molecular weight is 419 g/mol. The number of rotatable bonds is 4. The van der Waals surface area contributed by atoms with E-state index in [1.165, 1.54) is 11.6 Å². The molecule has 160 valence electrons. The summed E-state index contributed by atoms with van der Waals surface area (Å²) in [5.74, 6) is -0.130. The summed E-state index contributed by atoms with van der Waals surface area (Å²) in [6, 6.07) is 11.6. The Morgan fingerprint density at radius 1 is 1.03 bits per heavy atom. The highest BCUT2D eigenvalue weighted by molar-refractivity contribution is 5.83. The summed E-state index contributed by atoms with van der Waals surface area (Å²) >= 11 is 0. The van der Waals surface area contributed by atoms with Gasteiger partial charge in [-0.15, -0.1) is 0 Å². The Morgan fingerprint density at radius 2 is 1.77 bits per heavy atom. The van der Waals surface area contributed by atoms with E-state index >= 15 is 0 Å². The normalized spacial score (nSPS) is 16.9. The third kappa shape index (κ3) is 4.53. The molecule has 5 nitrogen and oxygen atoms in total. The summed E-state index contributed by atoms with van der Waals surface area (Å²) in [7, 11) is 0. The maximum Gasteiger partial charge on any atom is 0.416 e. The van der Waals surface area contributed by atoms with Crippen LogP contribution < -0.4 is 10.2 Å². The van der Waals surface area contributed by atoms with Gasteiger partial charge in [0, 0.05) is 26.2 Å². The smallest absolute Gasteiger partial charge is 0.378 e. The van der Waals surface area contributed by atoms with E-state index in [0.29, 0.717) is 50.8 Å². The van der Waals surface area contributed by atoms with E-state index in [4.69, 9.17) is 4.74 Å². The molecule has 2 aromatic rings. The number of hydrogen-bond donors (Lipinski definition) is 1. The Balaban J connectivity index is 1.49. The number of carbonyl (C=O) groups is 1. The van der Waals surface area contributed by atoms with Gasteiger partial charge in [0.05, 0.1) is 36.7 Å². The van der Waals surface area contributed by atoms with Crippen molar-refractivity contribution >= 4 is 17.3 Å². The van der Waals surface area contributed by atoms with Gasteiger partial charge in [0.1, 0.15) is 0 Å². The van der Waals surface area contributed by atoms with Crippen molar-refractivity contribution in [2.45, 2.75) is 19.1 Å². The Morgan fingerprint density at radius 3 is 2.50 bits per heavy atom. The van der Waals surface area contributed by atoms with Crippen LogP contribution in [0.2, 0.25) is 0 Å². The highest BCUT2D eigenvalue weighted by atomic mass is 19.4. The summed E-state index contributed by atoms with van der Waals surface area (Å²) in [4.78, 5) is 16.5. The molecule has 0 bridgehead atoms. The van der Waals surface area contributed by atoms with E-state index < -0.39 is 11.7 Å². The van der Waals surface area contributed by atoms with Crippen LogP contribution in [0.3, 0.4) is 0 Å². The lowest BCUT2D eigenvalue weighted by Gasteiger charge is -2.32. The van der Waals surface area contributed by atoms with E-state index in [-0.39, 0.29) is 12.5 Å². The second-order valence-corrected chi connectivity index (χ2v) is 7.52. The molecule has 1 saturated heterocycles. The molecular weight excluding hydrogens is 395 g/mol. The Kier molecular flexibility index (Phi) is 5.85. The van der Waals surface area contributed by atoms with Gasteiger partial charge in [0.2, 0.25) is 5.91 Å². The van der Waals surface area contributed by atoms with Crippen LogP contribution in [0, 0.1) is 0 Å². The number of nitrogens with one attached hydrogen (secondary N) is 1. The van der Waals surface area contributed by atoms with Gasteiger partial charge in [-0.3, -0.25) is 4.79 Å². The van der Waals surface area contributed by atoms with Gasteiger partial charge in [-0.2, -0.15) is 13.2 Å². The number of carbonyl (C=O) groups excluding carboxylic acids is 1. The molecular formula is C22H24F3N3O2. The number of ether oxygens (including phenoxy) is 1.